The van der Waals surface area contributed by atoms with E-state index in [-0.39, 0.29) is 6.67 Å². The molecule has 0 saturated carbocycles. The highest BCUT2D eigenvalue weighted by Crippen LogP contribution is 1.96. The molecule has 2 nitrogen and oxygen atoms in total. The molecule has 0 aliphatic heterocycles. The van der Waals surface area contributed by atoms with Crippen LogP contribution in [0.2, 0.25) is 0 Å². The van der Waals surface area contributed by atoms with Crippen molar-refractivity contribution < 1.29 is 4.39 Å². The molecule has 0 aromatic carbocycles. The summed E-state index contributed by atoms with van der Waals surface area (Å²) in [5, 5.41) is 0. The van der Waals surface area contributed by atoms with Crippen LogP contribution in [0.1, 0.15) is 13.3 Å². The van der Waals surface area contributed by atoms with Gasteiger partial charge in [0.2, 0.25) is 0 Å². The van der Waals surface area contributed by atoms with Crippen molar-refractivity contribution in [3.05, 3.63) is 0 Å². The van der Waals surface area contributed by atoms with Crippen LogP contribution in [-0.4, -0.2) is 38.3 Å². The summed E-state index contributed by atoms with van der Waals surface area (Å²) in [5.41, 5.74) is 5.45. The van der Waals surface area contributed by atoms with Crippen LogP contribution in [0.15, 0.2) is 0 Å². The van der Waals surface area contributed by atoms with Gasteiger partial charge in [0, 0.05) is 13.1 Å². The number of nitrogens with zero attached hydrogens (tertiary/aromatic N) is 1. The molecule has 11 heavy (non-hydrogen) atoms. The van der Waals surface area contributed by atoms with Gasteiger partial charge in [-0.2, -0.15) is 0 Å². The van der Waals surface area contributed by atoms with Crippen molar-refractivity contribution in [3.63, 3.8) is 0 Å². The fourth-order valence-electron chi connectivity index (χ4n) is 1.03. The summed E-state index contributed by atoms with van der Waals surface area (Å²) in [6, 6.07) is 0. The third kappa shape index (κ3) is 6.26. The molecular formula is C8H19FN2. The number of hydrogen-bond acceptors (Lipinski definition) is 2. The molecule has 0 rings (SSSR count). The van der Waals surface area contributed by atoms with Crippen LogP contribution in [0.25, 0.3) is 0 Å². The number of hydrogen-bond donors (Lipinski definition) is 1. The molecule has 0 saturated heterocycles. The lowest BCUT2D eigenvalue weighted by atomic mass is 10.2. The van der Waals surface area contributed by atoms with Gasteiger partial charge in [-0.15, -0.1) is 0 Å². The maximum absolute atomic E-state index is 11.7. The fraction of sp³-hybridized carbons (Fsp3) is 1.00. The maximum atomic E-state index is 11.7. The summed E-state index contributed by atoms with van der Waals surface area (Å²) in [5.74, 6) is 0.514. The second-order valence-electron chi connectivity index (χ2n) is 3.15. The van der Waals surface area contributed by atoms with E-state index < -0.39 is 0 Å². The zero-order valence-corrected chi connectivity index (χ0v) is 7.52. The number of nitrogens with two attached hydrogens (primary N) is 1. The Morgan fingerprint density at radius 1 is 1.55 bits per heavy atom. The molecule has 0 aromatic heterocycles. The molecule has 0 aromatic rings. The van der Waals surface area contributed by atoms with E-state index in [1.807, 2.05) is 7.05 Å². The summed E-state index contributed by atoms with van der Waals surface area (Å²) in [4.78, 5) is 2.12. The standard InChI is InChI=1S/C8H19FN2/c1-8(6-10)7-11(2)5-3-4-9/h8H,3-7,10H2,1-2H3. The van der Waals surface area contributed by atoms with Crippen molar-refractivity contribution in [3.8, 4) is 0 Å². The molecule has 0 bridgehead atoms. The van der Waals surface area contributed by atoms with Gasteiger partial charge in [-0.3, -0.25) is 4.39 Å². The first-order valence-electron chi connectivity index (χ1n) is 4.15. The summed E-state index contributed by atoms with van der Waals surface area (Å²) >= 11 is 0. The van der Waals surface area contributed by atoms with Crippen LogP contribution < -0.4 is 5.73 Å². The van der Waals surface area contributed by atoms with Gasteiger partial charge in [0.15, 0.2) is 0 Å². The van der Waals surface area contributed by atoms with Gasteiger partial charge in [0.25, 0.3) is 0 Å². The van der Waals surface area contributed by atoms with Crippen molar-refractivity contribution in [2.75, 3.05) is 33.4 Å². The van der Waals surface area contributed by atoms with Gasteiger partial charge in [0.1, 0.15) is 0 Å². The zero-order chi connectivity index (χ0) is 8.69. The van der Waals surface area contributed by atoms with Crippen molar-refractivity contribution >= 4 is 0 Å². The zero-order valence-electron chi connectivity index (χ0n) is 7.52. The smallest absolute Gasteiger partial charge is 0.0906 e. The minimum atomic E-state index is -0.221. The highest BCUT2D eigenvalue weighted by Gasteiger charge is 2.03. The summed E-state index contributed by atoms with van der Waals surface area (Å²) in [6.07, 6.45) is 0.633. The first kappa shape index (κ1) is 10.8. The molecule has 0 aliphatic rings. The predicted molar refractivity (Wildman–Crippen MR) is 46.3 cm³/mol. The average Bonchev–Trinajstić information content (AvgIpc) is 2.00. The maximum Gasteiger partial charge on any atom is 0.0906 e. The Bertz CT molecular complexity index is 88.2. The molecule has 1 unspecified atom stereocenters. The van der Waals surface area contributed by atoms with Crippen LogP contribution in [0.3, 0.4) is 0 Å². The van der Waals surface area contributed by atoms with Crippen molar-refractivity contribution in [2.45, 2.75) is 13.3 Å². The molecule has 0 heterocycles. The van der Waals surface area contributed by atoms with Gasteiger partial charge < -0.3 is 10.6 Å². The van der Waals surface area contributed by atoms with Crippen molar-refractivity contribution in [1.29, 1.82) is 0 Å². The molecule has 3 heteroatoms. The van der Waals surface area contributed by atoms with E-state index in [0.29, 0.717) is 18.9 Å². The Morgan fingerprint density at radius 2 is 2.18 bits per heavy atom. The van der Waals surface area contributed by atoms with E-state index in [0.717, 1.165) is 13.1 Å². The quantitative estimate of drug-likeness (QED) is 0.628. The monoisotopic (exact) mass is 162 g/mol. The van der Waals surface area contributed by atoms with E-state index in [4.69, 9.17) is 5.73 Å². The van der Waals surface area contributed by atoms with E-state index in [2.05, 4.69) is 11.8 Å². The fourth-order valence-corrected chi connectivity index (χ4v) is 1.03. The predicted octanol–water partition coefficient (Wildman–Crippen LogP) is 0.873. The summed E-state index contributed by atoms with van der Waals surface area (Å²) < 4.78 is 11.7. The SMILES string of the molecule is CC(CN)CN(C)CCCF. The van der Waals surface area contributed by atoms with E-state index >= 15 is 0 Å². The highest BCUT2D eigenvalue weighted by atomic mass is 19.1. The van der Waals surface area contributed by atoms with Gasteiger partial charge in [-0.1, -0.05) is 6.92 Å². The topological polar surface area (TPSA) is 29.3 Å². The van der Waals surface area contributed by atoms with Crippen LogP contribution >= 0.6 is 0 Å². The Hall–Kier alpha value is -0.150. The Balaban J connectivity index is 3.27. The summed E-state index contributed by atoms with van der Waals surface area (Å²) in [6.45, 7) is 4.39. The molecule has 2 N–H and O–H groups in total. The van der Waals surface area contributed by atoms with Crippen LogP contribution in [0.4, 0.5) is 4.39 Å². The van der Waals surface area contributed by atoms with Gasteiger partial charge >= 0.3 is 0 Å². The normalized spacial score (nSPS) is 13.9. The Morgan fingerprint density at radius 3 is 2.64 bits per heavy atom. The van der Waals surface area contributed by atoms with E-state index in [1.165, 1.54) is 0 Å². The number of alkyl halides is 1. The van der Waals surface area contributed by atoms with Gasteiger partial charge in [-0.05, 0) is 25.9 Å². The second kappa shape index (κ2) is 6.55. The molecule has 0 radical (unpaired) electrons. The van der Waals surface area contributed by atoms with E-state index in [1.54, 1.807) is 0 Å². The van der Waals surface area contributed by atoms with Crippen LogP contribution in [-0.2, 0) is 0 Å². The highest BCUT2D eigenvalue weighted by molar-refractivity contribution is 4.58. The van der Waals surface area contributed by atoms with Crippen molar-refractivity contribution in [2.24, 2.45) is 11.7 Å². The minimum absolute atomic E-state index is 0.221. The van der Waals surface area contributed by atoms with Crippen molar-refractivity contribution in [1.82, 2.24) is 4.90 Å². The van der Waals surface area contributed by atoms with Gasteiger partial charge in [-0.25, -0.2) is 0 Å². The molecule has 0 aliphatic carbocycles. The third-order valence-electron chi connectivity index (χ3n) is 1.70. The second-order valence-corrected chi connectivity index (χ2v) is 3.15. The summed E-state index contributed by atoms with van der Waals surface area (Å²) in [7, 11) is 2.00. The van der Waals surface area contributed by atoms with Crippen LogP contribution in [0, 0.1) is 5.92 Å². The first-order valence-corrected chi connectivity index (χ1v) is 4.15. The first-order chi connectivity index (χ1) is 5.20. The Labute approximate surface area is 68.6 Å². The lowest BCUT2D eigenvalue weighted by molar-refractivity contribution is 0.273. The van der Waals surface area contributed by atoms with E-state index in [9.17, 15) is 4.39 Å². The lowest BCUT2D eigenvalue weighted by Crippen LogP contribution is -2.29. The molecule has 68 valence electrons. The lowest BCUT2D eigenvalue weighted by Gasteiger charge is -2.19. The Kier molecular flexibility index (Phi) is 6.46. The molecule has 0 spiro atoms. The molecule has 0 fully saturated rings. The molecule has 0 amide bonds. The largest absolute Gasteiger partial charge is 0.330 e. The molecule has 1 atom stereocenters. The minimum Gasteiger partial charge on any atom is -0.330 e. The average molecular weight is 162 g/mol. The number of rotatable bonds is 6. The van der Waals surface area contributed by atoms with Gasteiger partial charge in [0.05, 0.1) is 6.67 Å². The number of halogens is 1. The molecular weight excluding hydrogens is 143 g/mol. The third-order valence-corrected chi connectivity index (χ3v) is 1.70. The van der Waals surface area contributed by atoms with Crippen LogP contribution in [0.5, 0.6) is 0 Å².